The van der Waals surface area contributed by atoms with Gasteiger partial charge in [-0.25, -0.2) is 4.98 Å². The van der Waals surface area contributed by atoms with Crippen molar-refractivity contribution in [2.45, 2.75) is 19.3 Å². The fourth-order valence-corrected chi connectivity index (χ4v) is 4.19. The van der Waals surface area contributed by atoms with Crippen molar-refractivity contribution in [3.63, 3.8) is 0 Å². The highest BCUT2D eigenvalue weighted by Gasteiger charge is 2.39. The van der Waals surface area contributed by atoms with Gasteiger partial charge >= 0.3 is 0 Å². The van der Waals surface area contributed by atoms with E-state index in [1.165, 1.54) is 4.90 Å². The first-order valence-corrected chi connectivity index (χ1v) is 10.6. The van der Waals surface area contributed by atoms with Crippen molar-refractivity contribution in [1.29, 1.82) is 0 Å². The Morgan fingerprint density at radius 3 is 2.63 bits per heavy atom. The standard InChI is InChI=1S/C20H25Cl2N5O3/c1-24-16(5-6-26-7-9-30-10-8-26)23-18-17(24)19(28)27(20(29)25(18)2)12-13-3-4-14(21)15(22)11-13/h3-4,11,20,29H,5-10,12H2,1-2H3. The molecule has 1 aromatic heterocycles. The molecule has 1 saturated heterocycles. The van der Waals surface area contributed by atoms with Gasteiger partial charge < -0.3 is 19.3 Å². The minimum absolute atomic E-state index is 0.203. The molecule has 4 rings (SSSR count). The largest absolute Gasteiger partial charge is 0.379 e. The summed E-state index contributed by atoms with van der Waals surface area (Å²) in [5.41, 5.74) is 1.25. The monoisotopic (exact) mass is 453 g/mol. The van der Waals surface area contributed by atoms with E-state index in [-0.39, 0.29) is 12.5 Å². The number of amides is 1. The highest BCUT2D eigenvalue weighted by Crippen LogP contribution is 2.31. The van der Waals surface area contributed by atoms with Gasteiger partial charge in [0.15, 0.2) is 11.5 Å². The lowest BCUT2D eigenvalue weighted by atomic mass is 10.2. The van der Waals surface area contributed by atoms with Gasteiger partial charge in [0.05, 0.1) is 29.8 Å². The number of nitrogens with zero attached hydrogens (tertiary/aromatic N) is 5. The van der Waals surface area contributed by atoms with Crippen LogP contribution in [0.15, 0.2) is 18.2 Å². The number of hydrogen-bond donors (Lipinski definition) is 1. The van der Waals surface area contributed by atoms with Gasteiger partial charge in [-0.15, -0.1) is 0 Å². The lowest BCUT2D eigenvalue weighted by Crippen LogP contribution is -2.53. The minimum atomic E-state index is -1.12. The summed E-state index contributed by atoms with van der Waals surface area (Å²) in [4.78, 5) is 23.3. The third kappa shape index (κ3) is 4.02. The molecule has 2 aromatic rings. The van der Waals surface area contributed by atoms with Crippen LogP contribution in [0.25, 0.3) is 0 Å². The van der Waals surface area contributed by atoms with Crippen LogP contribution in [0.2, 0.25) is 10.0 Å². The molecule has 0 bridgehead atoms. The summed E-state index contributed by atoms with van der Waals surface area (Å²) in [5.74, 6) is 1.04. The van der Waals surface area contributed by atoms with Gasteiger partial charge in [0.2, 0.25) is 6.35 Å². The summed E-state index contributed by atoms with van der Waals surface area (Å²) in [7, 11) is 3.58. The maximum Gasteiger partial charge on any atom is 0.278 e. The molecule has 0 spiro atoms. The lowest BCUT2D eigenvalue weighted by molar-refractivity contribution is -0.000736. The Hall–Kier alpha value is -1.84. The van der Waals surface area contributed by atoms with E-state index >= 15 is 0 Å². The molecule has 162 valence electrons. The topological polar surface area (TPSA) is 74.1 Å². The van der Waals surface area contributed by atoms with Crippen molar-refractivity contribution in [2.24, 2.45) is 7.05 Å². The van der Waals surface area contributed by atoms with Gasteiger partial charge in [0, 0.05) is 40.2 Å². The molecular weight excluding hydrogens is 429 g/mol. The third-order valence-corrected chi connectivity index (χ3v) is 6.42. The number of halogens is 2. The van der Waals surface area contributed by atoms with E-state index in [9.17, 15) is 9.90 Å². The van der Waals surface area contributed by atoms with E-state index in [0.29, 0.717) is 28.0 Å². The van der Waals surface area contributed by atoms with Crippen LogP contribution >= 0.6 is 23.2 Å². The van der Waals surface area contributed by atoms with Gasteiger partial charge in [-0.2, -0.15) is 0 Å². The number of ether oxygens (including phenoxy) is 1. The quantitative estimate of drug-likeness (QED) is 0.745. The number of carbonyl (C=O) groups excluding carboxylic acids is 1. The average Bonchev–Trinajstić information content (AvgIpc) is 3.08. The Morgan fingerprint density at radius 1 is 1.20 bits per heavy atom. The number of morpholine rings is 1. The SMILES string of the molecule is CN1c2nc(CCN3CCOCC3)n(C)c2C(=O)N(Cc2ccc(Cl)c(Cl)c2)C1O. The summed E-state index contributed by atoms with van der Waals surface area (Å²) in [6.07, 6.45) is -0.408. The molecule has 3 heterocycles. The summed E-state index contributed by atoms with van der Waals surface area (Å²) in [5, 5.41) is 11.6. The molecule has 8 nitrogen and oxygen atoms in total. The molecule has 0 radical (unpaired) electrons. The molecule has 1 atom stereocenters. The Labute approximate surface area is 185 Å². The molecule has 0 aliphatic carbocycles. The number of carbonyl (C=O) groups is 1. The van der Waals surface area contributed by atoms with Crippen LogP contribution in [0.3, 0.4) is 0 Å². The fourth-order valence-electron chi connectivity index (χ4n) is 3.87. The number of rotatable bonds is 5. The van der Waals surface area contributed by atoms with Crippen LogP contribution in [0, 0.1) is 0 Å². The molecular formula is C20H25Cl2N5O3. The predicted octanol–water partition coefficient (Wildman–Crippen LogP) is 1.97. The van der Waals surface area contributed by atoms with Crippen molar-refractivity contribution < 1.29 is 14.6 Å². The zero-order valence-electron chi connectivity index (χ0n) is 17.0. The van der Waals surface area contributed by atoms with Gasteiger partial charge in [-0.3, -0.25) is 14.6 Å². The van der Waals surface area contributed by atoms with Crippen LogP contribution in [0.4, 0.5) is 5.82 Å². The van der Waals surface area contributed by atoms with Crippen LogP contribution in [0.5, 0.6) is 0 Å². The Balaban J connectivity index is 1.56. The molecule has 1 unspecified atom stereocenters. The zero-order chi connectivity index (χ0) is 21.4. The van der Waals surface area contributed by atoms with Gasteiger partial charge in [0.25, 0.3) is 5.91 Å². The second kappa shape index (κ2) is 8.72. The first-order chi connectivity index (χ1) is 14.4. The van der Waals surface area contributed by atoms with E-state index in [0.717, 1.165) is 44.2 Å². The van der Waals surface area contributed by atoms with Crippen LogP contribution in [-0.2, 0) is 24.8 Å². The number of aliphatic hydroxyl groups excluding tert-OH is 1. The van der Waals surface area contributed by atoms with Gasteiger partial charge in [-0.1, -0.05) is 29.3 Å². The Bertz CT molecular complexity index is 945. The van der Waals surface area contributed by atoms with E-state index in [1.54, 1.807) is 30.1 Å². The highest BCUT2D eigenvalue weighted by atomic mass is 35.5. The number of hydrogen-bond acceptors (Lipinski definition) is 6. The predicted molar refractivity (Wildman–Crippen MR) is 115 cm³/mol. The molecule has 10 heteroatoms. The van der Waals surface area contributed by atoms with Crippen molar-refractivity contribution in [2.75, 3.05) is 44.8 Å². The average molecular weight is 454 g/mol. The third-order valence-electron chi connectivity index (χ3n) is 5.68. The number of fused-ring (bicyclic) bond motifs is 1. The summed E-state index contributed by atoms with van der Waals surface area (Å²) < 4.78 is 7.23. The fraction of sp³-hybridized carbons (Fsp3) is 0.500. The summed E-state index contributed by atoms with van der Waals surface area (Å²) in [6.45, 7) is 4.34. The molecule has 1 amide bonds. The number of imidazole rings is 1. The number of aromatic nitrogens is 2. The number of benzene rings is 1. The number of anilines is 1. The second-order valence-corrected chi connectivity index (χ2v) is 8.42. The van der Waals surface area contributed by atoms with Gasteiger partial charge in [0.1, 0.15) is 5.82 Å². The van der Waals surface area contributed by atoms with E-state index < -0.39 is 6.35 Å². The van der Waals surface area contributed by atoms with Gasteiger partial charge in [-0.05, 0) is 17.7 Å². The first-order valence-electron chi connectivity index (χ1n) is 9.88. The van der Waals surface area contributed by atoms with Crippen LogP contribution < -0.4 is 4.90 Å². The molecule has 2 aliphatic rings. The lowest BCUT2D eigenvalue weighted by Gasteiger charge is -2.38. The second-order valence-electron chi connectivity index (χ2n) is 7.60. The highest BCUT2D eigenvalue weighted by molar-refractivity contribution is 6.42. The van der Waals surface area contributed by atoms with Crippen molar-refractivity contribution >= 4 is 34.9 Å². The van der Waals surface area contributed by atoms with Crippen LogP contribution in [-0.4, -0.2) is 76.6 Å². The zero-order valence-corrected chi connectivity index (χ0v) is 18.5. The van der Waals surface area contributed by atoms with Crippen molar-refractivity contribution in [3.05, 3.63) is 45.3 Å². The first kappa shape index (κ1) is 21.4. The smallest absolute Gasteiger partial charge is 0.278 e. The van der Waals surface area contributed by atoms with Crippen LogP contribution in [0.1, 0.15) is 21.9 Å². The molecule has 1 fully saturated rings. The molecule has 30 heavy (non-hydrogen) atoms. The summed E-state index contributed by atoms with van der Waals surface area (Å²) >= 11 is 12.1. The summed E-state index contributed by atoms with van der Waals surface area (Å²) in [6, 6.07) is 5.18. The van der Waals surface area contributed by atoms with E-state index in [2.05, 4.69) is 9.88 Å². The normalized spacial score (nSPS) is 20.0. The van der Waals surface area contributed by atoms with E-state index in [4.69, 9.17) is 27.9 Å². The maximum atomic E-state index is 13.3. The maximum absolute atomic E-state index is 13.3. The molecule has 0 saturated carbocycles. The van der Waals surface area contributed by atoms with Crippen molar-refractivity contribution in [3.8, 4) is 0 Å². The molecule has 1 aromatic carbocycles. The number of aliphatic hydroxyl groups is 1. The molecule has 2 aliphatic heterocycles. The Morgan fingerprint density at radius 2 is 1.93 bits per heavy atom. The van der Waals surface area contributed by atoms with Crippen molar-refractivity contribution in [1.82, 2.24) is 19.4 Å². The molecule has 1 N–H and O–H groups in total. The van der Waals surface area contributed by atoms with E-state index in [1.807, 2.05) is 11.6 Å². The minimum Gasteiger partial charge on any atom is -0.379 e. The Kier molecular flexibility index (Phi) is 6.22.